The Labute approximate surface area is 164 Å². The monoisotopic (exact) mass is 411 g/mol. The van der Waals surface area contributed by atoms with E-state index in [4.69, 9.17) is 4.74 Å². The van der Waals surface area contributed by atoms with Gasteiger partial charge in [0.05, 0.1) is 16.9 Å². The number of nitro benzene ring substituents is 1. The number of rotatable bonds is 5. The maximum atomic E-state index is 12.9. The van der Waals surface area contributed by atoms with Crippen LogP contribution in [0, 0.1) is 16.0 Å². The van der Waals surface area contributed by atoms with E-state index in [1.807, 2.05) is 0 Å². The SMILES string of the molecule is COc1ccc(S(=O)(=O)N2CCN(C(=O)C3CCCCC3)CC2)cc1[N+](=O)[O-]. The Balaban J connectivity index is 1.70. The first kappa shape index (κ1) is 20.5. The minimum absolute atomic E-state index is 0.00634. The maximum Gasteiger partial charge on any atom is 0.312 e. The van der Waals surface area contributed by atoms with Crippen LogP contribution in [0.2, 0.25) is 0 Å². The third kappa shape index (κ3) is 4.12. The fourth-order valence-electron chi connectivity index (χ4n) is 3.88. The van der Waals surface area contributed by atoms with E-state index in [-0.39, 0.29) is 35.6 Å². The maximum absolute atomic E-state index is 12.9. The minimum atomic E-state index is -3.88. The van der Waals surface area contributed by atoms with Crippen LogP contribution >= 0.6 is 0 Å². The zero-order valence-corrected chi connectivity index (χ0v) is 16.7. The van der Waals surface area contributed by atoms with Crippen molar-refractivity contribution >= 4 is 21.6 Å². The van der Waals surface area contributed by atoms with Crippen molar-refractivity contribution in [1.82, 2.24) is 9.21 Å². The van der Waals surface area contributed by atoms with Gasteiger partial charge in [0.15, 0.2) is 5.75 Å². The molecule has 0 bridgehead atoms. The van der Waals surface area contributed by atoms with Gasteiger partial charge in [-0.2, -0.15) is 4.31 Å². The molecule has 1 aliphatic heterocycles. The van der Waals surface area contributed by atoms with Crippen LogP contribution in [0.25, 0.3) is 0 Å². The van der Waals surface area contributed by atoms with E-state index in [0.717, 1.165) is 31.7 Å². The Bertz CT molecular complexity index is 843. The smallest absolute Gasteiger partial charge is 0.312 e. The summed E-state index contributed by atoms with van der Waals surface area (Å²) in [4.78, 5) is 24.8. The number of hydrogen-bond donors (Lipinski definition) is 0. The van der Waals surface area contributed by atoms with Crippen LogP contribution in [-0.2, 0) is 14.8 Å². The fraction of sp³-hybridized carbons (Fsp3) is 0.611. The Morgan fingerprint density at radius 3 is 2.36 bits per heavy atom. The third-order valence-electron chi connectivity index (χ3n) is 5.49. The molecule has 2 aliphatic rings. The van der Waals surface area contributed by atoms with Gasteiger partial charge in [-0.15, -0.1) is 0 Å². The van der Waals surface area contributed by atoms with Crippen LogP contribution in [0.15, 0.2) is 23.1 Å². The van der Waals surface area contributed by atoms with E-state index in [9.17, 15) is 23.3 Å². The van der Waals surface area contributed by atoms with Gasteiger partial charge in [-0.3, -0.25) is 14.9 Å². The molecule has 9 nitrogen and oxygen atoms in total. The Hall–Kier alpha value is -2.20. The number of sulfonamides is 1. The summed E-state index contributed by atoms with van der Waals surface area (Å²) in [6.45, 7) is 1.04. The summed E-state index contributed by atoms with van der Waals surface area (Å²) in [7, 11) is -2.59. The molecule has 1 heterocycles. The second-order valence-corrected chi connectivity index (χ2v) is 9.09. The van der Waals surface area contributed by atoms with Crippen molar-refractivity contribution in [3.8, 4) is 5.75 Å². The summed E-state index contributed by atoms with van der Waals surface area (Å²) < 4.78 is 32.0. The highest BCUT2D eigenvalue weighted by atomic mass is 32.2. The van der Waals surface area contributed by atoms with Crippen LogP contribution < -0.4 is 4.74 Å². The third-order valence-corrected chi connectivity index (χ3v) is 7.38. The number of carbonyl (C=O) groups is 1. The fourth-order valence-corrected chi connectivity index (χ4v) is 5.32. The Morgan fingerprint density at radius 1 is 1.14 bits per heavy atom. The highest BCUT2D eigenvalue weighted by molar-refractivity contribution is 7.89. The van der Waals surface area contributed by atoms with E-state index in [1.54, 1.807) is 4.90 Å². The van der Waals surface area contributed by atoms with Crippen molar-refractivity contribution < 1.29 is 22.9 Å². The summed E-state index contributed by atoms with van der Waals surface area (Å²) >= 11 is 0. The zero-order chi connectivity index (χ0) is 20.3. The van der Waals surface area contributed by atoms with Gasteiger partial charge in [-0.05, 0) is 25.0 Å². The number of benzene rings is 1. The average Bonchev–Trinajstić information content (AvgIpc) is 2.73. The number of ether oxygens (including phenoxy) is 1. The van der Waals surface area contributed by atoms with Gasteiger partial charge in [0.1, 0.15) is 0 Å². The van der Waals surface area contributed by atoms with Crippen molar-refractivity contribution in [3.63, 3.8) is 0 Å². The van der Waals surface area contributed by atoms with Crippen molar-refractivity contribution in [2.45, 2.75) is 37.0 Å². The van der Waals surface area contributed by atoms with Crippen LogP contribution in [0.4, 0.5) is 5.69 Å². The summed E-state index contributed by atoms with van der Waals surface area (Å²) in [6, 6.07) is 3.61. The molecule has 28 heavy (non-hydrogen) atoms. The Morgan fingerprint density at radius 2 is 1.79 bits per heavy atom. The molecule has 0 atom stereocenters. The van der Waals surface area contributed by atoms with Crippen LogP contribution in [-0.4, -0.2) is 61.7 Å². The lowest BCUT2D eigenvalue weighted by Gasteiger charge is -2.36. The molecule has 0 aromatic heterocycles. The molecule has 1 saturated carbocycles. The molecule has 0 N–H and O–H groups in total. The van der Waals surface area contributed by atoms with Crippen molar-refractivity contribution in [2.24, 2.45) is 5.92 Å². The predicted molar refractivity (Wildman–Crippen MR) is 102 cm³/mol. The van der Waals surface area contributed by atoms with Crippen LogP contribution in [0.5, 0.6) is 5.75 Å². The van der Waals surface area contributed by atoms with Gasteiger partial charge >= 0.3 is 5.69 Å². The Kier molecular flexibility index (Phi) is 6.19. The average molecular weight is 411 g/mol. The molecule has 1 saturated heterocycles. The second kappa shape index (κ2) is 8.44. The summed E-state index contributed by atoms with van der Waals surface area (Å²) in [5.74, 6) is 0.185. The van der Waals surface area contributed by atoms with Crippen molar-refractivity contribution in [3.05, 3.63) is 28.3 Å². The largest absolute Gasteiger partial charge is 0.490 e. The van der Waals surface area contributed by atoms with E-state index >= 15 is 0 Å². The van der Waals surface area contributed by atoms with E-state index in [0.29, 0.717) is 13.1 Å². The van der Waals surface area contributed by atoms with Gasteiger partial charge in [-0.1, -0.05) is 19.3 Å². The van der Waals surface area contributed by atoms with Gasteiger partial charge < -0.3 is 9.64 Å². The minimum Gasteiger partial charge on any atom is -0.490 e. The molecule has 1 aromatic rings. The molecule has 0 radical (unpaired) electrons. The zero-order valence-electron chi connectivity index (χ0n) is 15.9. The molecule has 0 spiro atoms. The first-order chi connectivity index (χ1) is 13.3. The van der Waals surface area contributed by atoms with Crippen molar-refractivity contribution in [1.29, 1.82) is 0 Å². The molecular weight excluding hydrogens is 386 g/mol. The molecule has 2 fully saturated rings. The van der Waals surface area contributed by atoms with Gasteiger partial charge in [-0.25, -0.2) is 8.42 Å². The summed E-state index contributed by atoms with van der Waals surface area (Å²) in [6.07, 6.45) is 5.13. The lowest BCUT2D eigenvalue weighted by atomic mass is 9.88. The number of hydrogen-bond acceptors (Lipinski definition) is 6. The first-order valence-electron chi connectivity index (χ1n) is 9.46. The van der Waals surface area contributed by atoms with Crippen LogP contribution in [0.3, 0.4) is 0 Å². The topological polar surface area (TPSA) is 110 Å². The number of nitro groups is 1. The quantitative estimate of drug-likeness (QED) is 0.541. The number of nitrogens with zero attached hydrogens (tertiary/aromatic N) is 3. The van der Waals surface area contributed by atoms with E-state index in [1.165, 1.54) is 30.0 Å². The molecule has 154 valence electrons. The number of piperazine rings is 1. The van der Waals surface area contributed by atoms with Gasteiger partial charge in [0.2, 0.25) is 15.9 Å². The number of carbonyl (C=O) groups excluding carboxylic acids is 1. The highest BCUT2D eigenvalue weighted by Crippen LogP contribution is 2.31. The molecule has 10 heteroatoms. The summed E-state index contributed by atoms with van der Waals surface area (Å²) in [5, 5.41) is 11.2. The van der Waals surface area contributed by atoms with E-state index in [2.05, 4.69) is 0 Å². The lowest BCUT2D eigenvalue weighted by molar-refractivity contribution is -0.386. The lowest BCUT2D eigenvalue weighted by Crippen LogP contribution is -2.52. The molecule has 1 amide bonds. The highest BCUT2D eigenvalue weighted by Gasteiger charge is 2.34. The second-order valence-electron chi connectivity index (χ2n) is 7.16. The van der Waals surface area contributed by atoms with Crippen LogP contribution in [0.1, 0.15) is 32.1 Å². The normalized spacial score (nSPS) is 19.4. The molecule has 1 aromatic carbocycles. The number of amides is 1. The number of methoxy groups -OCH3 is 1. The van der Waals surface area contributed by atoms with E-state index < -0.39 is 20.6 Å². The molecule has 1 aliphatic carbocycles. The molecule has 0 unspecified atom stereocenters. The van der Waals surface area contributed by atoms with Gasteiger partial charge in [0.25, 0.3) is 0 Å². The molecule has 3 rings (SSSR count). The standard InChI is InChI=1S/C18H25N3O6S/c1-27-17-8-7-15(13-16(17)21(23)24)28(25,26)20-11-9-19(10-12-20)18(22)14-5-3-2-4-6-14/h7-8,13-14H,2-6,9-12H2,1H3. The molecular formula is C18H25N3O6S. The van der Waals surface area contributed by atoms with Crippen molar-refractivity contribution in [2.75, 3.05) is 33.3 Å². The first-order valence-corrected chi connectivity index (χ1v) is 10.9. The van der Waals surface area contributed by atoms with Gasteiger partial charge in [0, 0.05) is 38.2 Å². The predicted octanol–water partition coefficient (Wildman–Crippen LogP) is 2.02. The summed E-state index contributed by atoms with van der Waals surface area (Å²) in [5.41, 5.74) is -0.394.